The summed E-state index contributed by atoms with van der Waals surface area (Å²) in [5.74, 6) is 0.605. The molecule has 4 aromatic rings. The zero-order valence-electron chi connectivity index (χ0n) is 19.9. The SMILES string of the molecule is CN(C)C1(Cc2ccccc2)CCC(c2[nH]c3ccccc3c2CCc2ccncc2)CC1. The highest BCUT2D eigenvalue weighted by molar-refractivity contribution is 5.85. The fourth-order valence-electron chi connectivity index (χ4n) is 5.86. The topological polar surface area (TPSA) is 31.9 Å². The number of fused-ring (bicyclic) bond motifs is 1. The molecule has 5 rings (SSSR count). The van der Waals surface area contributed by atoms with Crippen molar-refractivity contribution in [3.05, 3.63) is 102 Å². The van der Waals surface area contributed by atoms with Crippen LogP contribution in [-0.4, -0.2) is 34.5 Å². The van der Waals surface area contributed by atoms with Crippen molar-refractivity contribution in [2.75, 3.05) is 14.1 Å². The average molecular weight is 438 g/mol. The molecule has 170 valence electrons. The second-order valence-electron chi connectivity index (χ2n) is 9.97. The Balaban J connectivity index is 1.38. The van der Waals surface area contributed by atoms with Crippen LogP contribution >= 0.6 is 0 Å². The molecule has 0 saturated heterocycles. The molecule has 2 aromatic carbocycles. The minimum absolute atomic E-state index is 0.251. The van der Waals surface area contributed by atoms with E-state index in [0.29, 0.717) is 5.92 Å². The van der Waals surface area contributed by atoms with Crippen molar-refractivity contribution in [2.24, 2.45) is 0 Å². The van der Waals surface area contributed by atoms with E-state index in [1.165, 1.54) is 59.0 Å². The first-order chi connectivity index (χ1) is 16.1. The molecule has 0 bridgehead atoms. The predicted molar refractivity (Wildman–Crippen MR) is 138 cm³/mol. The number of nitrogens with one attached hydrogen (secondary N) is 1. The van der Waals surface area contributed by atoms with E-state index in [0.717, 1.165) is 19.3 Å². The Hall–Kier alpha value is -2.91. The average Bonchev–Trinajstić information content (AvgIpc) is 3.23. The standard InChI is InChI=1S/C30H35N3/c1-33(2)30(22-24-8-4-3-5-9-24)18-14-25(15-19-30)29-27(13-12-23-16-20-31-21-17-23)26-10-6-7-11-28(26)32-29/h3-11,16-17,20-21,25,32H,12-15,18-19,22H2,1-2H3. The largest absolute Gasteiger partial charge is 0.358 e. The number of nitrogens with zero attached hydrogens (tertiary/aromatic N) is 2. The van der Waals surface area contributed by atoms with Crippen LogP contribution in [-0.2, 0) is 19.3 Å². The van der Waals surface area contributed by atoms with Crippen LogP contribution in [0.5, 0.6) is 0 Å². The first kappa shape index (κ1) is 21.9. The lowest BCUT2D eigenvalue weighted by Gasteiger charge is -2.45. The molecular formula is C30H35N3. The lowest BCUT2D eigenvalue weighted by Crippen LogP contribution is -2.48. The van der Waals surface area contributed by atoms with Gasteiger partial charge in [0.2, 0.25) is 0 Å². The van der Waals surface area contributed by atoms with Crippen molar-refractivity contribution in [1.82, 2.24) is 14.9 Å². The van der Waals surface area contributed by atoms with Gasteiger partial charge >= 0.3 is 0 Å². The number of para-hydroxylation sites is 1. The fourth-order valence-corrected chi connectivity index (χ4v) is 5.86. The third kappa shape index (κ3) is 4.60. The number of pyridine rings is 1. The molecule has 2 heterocycles. The first-order valence-corrected chi connectivity index (χ1v) is 12.3. The lowest BCUT2D eigenvalue weighted by molar-refractivity contribution is 0.0920. The monoisotopic (exact) mass is 437 g/mol. The number of hydrogen-bond acceptors (Lipinski definition) is 2. The Morgan fingerprint density at radius 1 is 0.848 bits per heavy atom. The molecule has 0 atom stereocenters. The van der Waals surface area contributed by atoms with Gasteiger partial charge in [-0.15, -0.1) is 0 Å². The number of aryl methyl sites for hydroxylation is 2. The molecule has 1 aliphatic rings. The molecule has 3 heteroatoms. The normalized spacial score (nSPS) is 21.0. The molecule has 0 radical (unpaired) electrons. The zero-order chi connectivity index (χ0) is 22.7. The van der Waals surface area contributed by atoms with Crippen LogP contribution in [0, 0.1) is 0 Å². The van der Waals surface area contributed by atoms with Crippen LogP contribution in [0.4, 0.5) is 0 Å². The van der Waals surface area contributed by atoms with Gasteiger partial charge in [0.1, 0.15) is 0 Å². The Morgan fingerprint density at radius 3 is 2.27 bits per heavy atom. The van der Waals surface area contributed by atoms with Gasteiger partial charge < -0.3 is 9.88 Å². The first-order valence-electron chi connectivity index (χ1n) is 12.3. The number of benzene rings is 2. The molecule has 1 N–H and O–H groups in total. The Bertz CT molecular complexity index is 1170. The van der Waals surface area contributed by atoms with Crippen molar-refractivity contribution in [3.8, 4) is 0 Å². The van der Waals surface area contributed by atoms with Crippen molar-refractivity contribution < 1.29 is 0 Å². The van der Waals surface area contributed by atoms with E-state index < -0.39 is 0 Å². The third-order valence-electron chi connectivity index (χ3n) is 7.91. The summed E-state index contributed by atoms with van der Waals surface area (Å²) in [6.07, 6.45) is 12.0. The van der Waals surface area contributed by atoms with Crippen LogP contribution in [0.3, 0.4) is 0 Å². The molecule has 1 fully saturated rings. The molecule has 1 saturated carbocycles. The van der Waals surface area contributed by atoms with E-state index in [4.69, 9.17) is 0 Å². The third-order valence-corrected chi connectivity index (χ3v) is 7.91. The number of hydrogen-bond donors (Lipinski definition) is 1. The summed E-state index contributed by atoms with van der Waals surface area (Å²) in [6.45, 7) is 0. The van der Waals surface area contributed by atoms with E-state index in [9.17, 15) is 0 Å². The second-order valence-corrected chi connectivity index (χ2v) is 9.97. The summed E-state index contributed by atoms with van der Waals surface area (Å²) in [7, 11) is 4.54. The van der Waals surface area contributed by atoms with Gasteiger partial charge in [0.15, 0.2) is 0 Å². The minimum atomic E-state index is 0.251. The molecular weight excluding hydrogens is 402 g/mol. The van der Waals surface area contributed by atoms with E-state index in [1.54, 1.807) is 0 Å². The zero-order valence-corrected chi connectivity index (χ0v) is 19.9. The van der Waals surface area contributed by atoms with Crippen molar-refractivity contribution in [1.29, 1.82) is 0 Å². The summed E-state index contributed by atoms with van der Waals surface area (Å²) < 4.78 is 0. The van der Waals surface area contributed by atoms with Crippen LogP contribution in [0.2, 0.25) is 0 Å². The Kier molecular flexibility index (Phi) is 6.32. The smallest absolute Gasteiger partial charge is 0.0459 e. The molecule has 0 aliphatic heterocycles. The molecule has 1 aliphatic carbocycles. The summed E-state index contributed by atoms with van der Waals surface area (Å²) >= 11 is 0. The van der Waals surface area contributed by atoms with Gasteiger partial charge in [-0.1, -0.05) is 48.5 Å². The highest BCUT2D eigenvalue weighted by atomic mass is 15.1. The number of rotatable bonds is 7. The van der Waals surface area contributed by atoms with Crippen molar-refractivity contribution in [2.45, 2.75) is 56.4 Å². The molecule has 0 unspecified atom stereocenters. The number of aromatic nitrogens is 2. The molecule has 33 heavy (non-hydrogen) atoms. The van der Waals surface area contributed by atoms with E-state index in [1.807, 2.05) is 12.4 Å². The number of likely N-dealkylation sites (N-methyl/N-ethyl adjacent to an activating group) is 1. The maximum atomic E-state index is 4.18. The van der Waals surface area contributed by atoms with E-state index in [-0.39, 0.29) is 5.54 Å². The fraction of sp³-hybridized carbons (Fsp3) is 0.367. The highest BCUT2D eigenvalue weighted by Crippen LogP contribution is 2.44. The van der Waals surface area contributed by atoms with Crippen molar-refractivity contribution in [3.63, 3.8) is 0 Å². The Labute approximate surface area is 197 Å². The van der Waals surface area contributed by atoms with Crippen LogP contribution in [0.15, 0.2) is 79.1 Å². The van der Waals surface area contributed by atoms with Gasteiger partial charge in [0.25, 0.3) is 0 Å². The van der Waals surface area contributed by atoms with Gasteiger partial charge in [-0.2, -0.15) is 0 Å². The number of H-pyrrole nitrogens is 1. The van der Waals surface area contributed by atoms with Gasteiger partial charge in [-0.05, 0) is 99.8 Å². The number of aromatic amines is 1. The molecule has 2 aromatic heterocycles. The van der Waals surface area contributed by atoms with E-state index in [2.05, 4.69) is 95.7 Å². The minimum Gasteiger partial charge on any atom is -0.358 e. The van der Waals surface area contributed by atoms with Crippen LogP contribution in [0.1, 0.15) is 54.0 Å². The van der Waals surface area contributed by atoms with Gasteiger partial charge in [0, 0.05) is 34.5 Å². The highest BCUT2D eigenvalue weighted by Gasteiger charge is 2.38. The van der Waals surface area contributed by atoms with Gasteiger partial charge in [-0.25, -0.2) is 0 Å². The van der Waals surface area contributed by atoms with Gasteiger partial charge in [0.05, 0.1) is 0 Å². The summed E-state index contributed by atoms with van der Waals surface area (Å²) in [6, 6.07) is 24.2. The quantitative estimate of drug-likeness (QED) is 0.355. The molecule has 0 spiro atoms. The van der Waals surface area contributed by atoms with Crippen molar-refractivity contribution >= 4 is 10.9 Å². The second kappa shape index (κ2) is 9.52. The van der Waals surface area contributed by atoms with Crippen LogP contribution in [0.25, 0.3) is 10.9 Å². The maximum Gasteiger partial charge on any atom is 0.0459 e. The summed E-state index contributed by atoms with van der Waals surface area (Å²) in [5, 5.41) is 1.40. The summed E-state index contributed by atoms with van der Waals surface area (Å²) in [4.78, 5) is 10.5. The summed E-state index contributed by atoms with van der Waals surface area (Å²) in [5.41, 5.74) is 7.35. The lowest BCUT2D eigenvalue weighted by atomic mass is 9.71. The van der Waals surface area contributed by atoms with E-state index >= 15 is 0 Å². The molecule has 3 nitrogen and oxygen atoms in total. The Morgan fingerprint density at radius 2 is 1.55 bits per heavy atom. The molecule has 0 amide bonds. The van der Waals surface area contributed by atoms with Crippen LogP contribution < -0.4 is 0 Å². The maximum absolute atomic E-state index is 4.18. The van der Waals surface area contributed by atoms with Gasteiger partial charge in [-0.3, -0.25) is 4.98 Å². The predicted octanol–water partition coefficient (Wildman–Crippen LogP) is 6.55.